The molecule has 0 spiro atoms. The third-order valence-electron chi connectivity index (χ3n) is 6.18. The van der Waals surface area contributed by atoms with E-state index in [0.29, 0.717) is 0 Å². The third-order valence-corrected chi connectivity index (χ3v) is 6.18. The number of unbranched alkanes of at least 4 members (excludes halogenated alkanes) is 1. The molecule has 2 aliphatic rings. The number of ether oxygens (including phenoxy) is 1. The van der Waals surface area contributed by atoms with Gasteiger partial charge in [-0.15, -0.1) is 0 Å². The summed E-state index contributed by atoms with van der Waals surface area (Å²) < 4.78 is 5.67. The molecule has 0 aromatic heterocycles. The van der Waals surface area contributed by atoms with Crippen LogP contribution in [0.1, 0.15) is 90.9 Å². The summed E-state index contributed by atoms with van der Waals surface area (Å²) in [5.74, 6) is 3.97. The van der Waals surface area contributed by atoms with Gasteiger partial charge in [0.15, 0.2) is 0 Å². The van der Waals surface area contributed by atoms with Gasteiger partial charge in [0.05, 0.1) is 12.9 Å². The predicted octanol–water partition coefficient (Wildman–Crippen LogP) is 6.73. The van der Waals surface area contributed by atoms with Crippen molar-refractivity contribution in [2.75, 3.05) is 6.61 Å². The van der Waals surface area contributed by atoms with Crippen LogP contribution in [0.3, 0.4) is 0 Å². The molecule has 2 aliphatic carbocycles. The Morgan fingerprint density at radius 1 is 0.818 bits per heavy atom. The lowest BCUT2D eigenvalue weighted by atomic mass is 9.69. The Morgan fingerprint density at radius 3 is 1.95 bits per heavy atom. The maximum atomic E-state index is 5.67. The minimum atomic E-state index is 0.818. The number of hydrogen-bond donors (Lipinski definition) is 0. The van der Waals surface area contributed by atoms with E-state index in [2.05, 4.69) is 19.9 Å². The Labute approximate surface area is 138 Å². The molecule has 0 unspecified atom stereocenters. The molecule has 0 atom stereocenters. The van der Waals surface area contributed by atoms with Crippen molar-refractivity contribution in [1.82, 2.24) is 0 Å². The first-order valence-electron chi connectivity index (χ1n) is 10.1. The van der Waals surface area contributed by atoms with Gasteiger partial charge in [-0.3, -0.25) is 0 Å². The van der Waals surface area contributed by atoms with E-state index in [9.17, 15) is 0 Å². The summed E-state index contributed by atoms with van der Waals surface area (Å²) >= 11 is 0. The van der Waals surface area contributed by atoms with Crippen molar-refractivity contribution in [2.45, 2.75) is 90.9 Å². The highest BCUT2D eigenvalue weighted by atomic mass is 16.5. The van der Waals surface area contributed by atoms with Gasteiger partial charge in [0, 0.05) is 0 Å². The molecule has 1 nitrogen and oxygen atoms in total. The van der Waals surface area contributed by atoms with Crippen LogP contribution in [-0.4, -0.2) is 6.61 Å². The molecular formula is C21H38O. The van der Waals surface area contributed by atoms with Crippen LogP contribution in [0.25, 0.3) is 0 Å². The van der Waals surface area contributed by atoms with Crippen LogP contribution in [0, 0.1) is 23.7 Å². The van der Waals surface area contributed by atoms with Crippen molar-refractivity contribution in [1.29, 1.82) is 0 Å². The average Bonchev–Trinajstić information content (AvgIpc) is 2.58. The molecular weight excluding hydrogens is 268 g/mol. The normalized spacial score (nSPS) is 33.2. The Hall–Kier alpha value is -0.460. The highest BCUT2D eigenvalue weighted by molar-refractivity contribution is 4.82. The summed E-state index contributed by atoms with van der Waals surface area (Å²) in [4.78, 5) is 0. The molecule has 0 aliphatic heterocycles. The second-order valence-electron chi connectivity index (χ2n) is 7.82. The lowest BCUT2D eigenvalue weighted by Crippen LogP contribution is -2.27. The summed E-state index contributed by atoms with van der Waals surface area (Å²) in [6.07, 6.45) is 21.3. The molecule has 0 aromatic rings. The van der Waals surface area contributed by atoms with Gasteiger partial charge in [-0.05, 0) is 68.6 Å². The first-order chi connectivity index (χ1) is 10.8. The maximum absolute atomic E-state index is 5.67. The molecule has 128 valence electrons. The molecule has 0 amide bonds. The van der Waals surface area contributed by atoms with Gasteiger partial charge in [-0.25, -0.2) is 0 Å². The van der Waals surface area contributed by atoms with Gasteiger partial charge in [-0.1, -0.05) is 52.0 Å². The summed E-state index contributed by atoms with van der Waals surface area (Å²) in [5.41, 5.74) is 0. The molecule has 22 heavy (non-hydrogen) atoms. The van der Waals surface area contributed by atoms with Crippen LogP contribution in [0.2, 0.25) is 0 Å². The maximum Gasteiger partial charge on any atom is 0.0901 e. The Bertz CT molecular complexity index is 293. The topological polar surface area (TPSA) is 9.23 Å². The zero-order valence-electron chi connectivity index (χ0n) is 15.1. The molecule has 0 heterocycles. The van der Waals surface area contributed by atoms with Crippen molar-refractivity contribution in [3.8, 4) is 0 Å². The van der Waals surface area contributed by atoms with Crippen LogP contribution >= 0.6 is 0 Å². The van der Waals surface area contributed by atoms with Crippen LogP contribution in [-0.2, 0) is 4.74 Å². The lowest BCUT2D eigenvalue weighted by molar-refractivity contribution is 0.108. The van der Waals surface area contributed by atoms with Gasteiger partial charge in [-0.2, -0.15) is 0 Å². The molecule has 0 aromatic carbocycles. The predicted molar refractivity (Wildman–Crippen MR) is 95.8 cm³/mol. The molecule has 1 heteroatoms. The van der Waals surface area contributed by atoms with E-state index in [4.69, 9.17) is 4.74 Å². The molecule has 2 fully saturated rings. The van der Waals surface area contributed by atoms with Crippen LogP contribution in [0.4, 0.5) is 0 Å². The fourth-order valence-electron chi connectivity index (χ4n) is 4.62. The minimum absolute atomic E-state index is 0.818. The highest BCUT2D eigenvalue weighted by Crippen LogP contribution is 2.42. The van der Waals surface area contributed by atoms with Crippen LogP contribution in [0.15, 0.2) is 12.3 Å². The van der Waals surface area contributed by atoms with Crippen molar-refractivity contribution in [2.24, 2.45) is 23.7 Å². The summed E-state index contributed by atoms with van der Waals surface area (Å²) in [7, 11) is 0. The van der Waals surface area contributed by atoms with Crippen LogP contribution < -0.4 is 0 Å². The van der Waals surface area contributed by atoms with E-state index in [-0.39, 0.29) is 0 Å². The first kappa shape index (κ1) is 17.9. The molecule has 2 rings (SSSR count). The van der Waals surface area contributed by atoms with Crippen molar-refractivity contribution < 1.29 is 4.74 Å². The average molecular weight is 307 g/mol. The highest BCUT2D eigenvalue weighted by Gasteiger charge is 2.30. The minimum Gasteiger partial charge on any atom is -0.501 e. The number of allylic oxidation sites excluding steroid dienone is 1. The van der Waals surface area contributed by atoms with Gasteiger partial charge >= 0.3 is 0 Å². The second-order valence-corrected chi connectivity index (χ2v) is 7.82. The summed E-state index contributed by atoms with van der Waals surface area (Å²) in [6, 6.07) is 0. The van der Waals surface area contributed by atoms with E-state index >= 15 is 0 Å². The zero-order chi connectivity index (χ0) is 15.6. The monoisotopic (exact) mass is 306 g/mol. The van der Waals surface area contributed by atoms with Gasteiger partial charge in [0.2, 0.25) is 0 Å². The second kappa shape index (κ2) is 10.3. The Kier molecular flexibility index (Phi) is 8.41. The van der Waals surface area contributed by atoms with Gasteiger partial charge < -0.3 is 4.74 Å². The molecule has 2 saturated carbocycles. The Balaban J connectivity index is 1.60. The third kappa shape index (κ3) is 5.97. The van der Waals surface area contributed by atoms with E-state index < -0.39 is 0 Å². The fourth-order valence-corrected chi connectivity index (χ4v) is 4.62. The van der Waals surface area contributed by atoms with E-state index in [1.165, 1.54) is 70.6 Å². The van der Waals surface area contributed by atoms with Crippen molar-refractivity contribution in [3.63, 3.8) is 0 Å². The molecule has 0 saturated heterocycles. The molecule has 0 N–H and O–H groups in total. The van der Waals surface area contributed by atoms with Crippen molar-refractivity contribution >= 4 is 0 Å². The zero-order valence-corrected chi connectivity index (χ0v) is 15.1. The number of hydrogen-bond acceptors (Lipinski definition) is 1. The quantitative estimate of drug-likeness (QED) is 0.452. The van der Waals surface area contributed by atoms with E-state index in [0.717, 1.165) is 36.7 Å². The fraction of sp³-hybridized carbons (Fsp3) is 0.905. The summed E-state index contributed by atoms with van der Waals surface area (Å²) in [6.45, 7) is 5.43. The SMILES string of the molecule is CC/C=C\OCC1CCC(C2CCC(CCCC)CC2)CC1. The molecule has 0 radical (unpaired) electrons. The molecule has 0 bridgehead atoms. The standard InChI is InChI=1S/C21H38O/c1-3-5-7-18-8-12-20(13-9-18)21-14-10-19(11-15-21)17-22-16-6-4-2/h6,16,18-21H,3-5,7-15,17H2,1-2H3/b16-6-. The smallest absolute Gasteiger partial charge is 0.0901 e. The largest absolute Gasteiger partial charge is 0.501 e. The van der Waals surface area contributed by atoms with E-state index in [1.54, 1.807) is 0 Å². The number of rotatable bonds is 8. The Morgan fingerprint density at radius 2 is 1.41 bits per heavy atom. The van der Waals surface area contributed by atoms with Crippen LogP contribution in [0.5, 0.6) is 0 Å². The summed E-state index contributed by atoms with van der Waals surface area (Å²) in [5, 5.41) is 0. The van der Waals surface area contributed by atoms with Gasteiger partial charge in [0.1, 0.15) is 0 Å². The van der Waals surface area contributed by atoms with Crippen molar-refractivity contribution in [3.05, 3.63) is 12.3 Å². The first-order valence-corrected chi connectivity index (χ1v) is 10.1. The van der Waals surface area contributed by atoms with E-state index in [1.807, 2.05) is 6.26 Å². The van der Waals surface area contributed by atoms with Gasteiger partial charge in [0.25, 0.3) is 0 Å². The lowest BCUT2D eigenvalue weighted by Gasteiger charge is -2.37.